The van der Waals surface area contributed by atoms with Crippen LogP contribution in [-0.4, -0.2) is 18.0 Å². The number of hydrogen-bond acceptors (Lipinski definition) is 2. The van der Waals surface area contributed by atoms with E-state index < -0.39 is 0 Å². The Kier molecular flexibility index (Phi) is 4.90. The lowest BCUT2D eigenvalue weighted by Crippen LogP contribution is -2.31. The van der Waals surface area contributed by atoms with Gasteiger partial charge < -0.3 is 16.0 Å². The van der Waals surface area contributed by atoms with Gasteiger partial charge in [-0.25, -0.2) is 9.18 Å². The summed E-state index contributed by atoms with van der Waals surface area (Å²) >= 11 is 0. The van der Waals surface area contributed by atoms with Crippen molar-refractivity contribution in [3.8, 4) is 0 Å². The second kappa shape index (κ2) is 6.85. The number of nitrogens with zero attached hydrogens (tertiary/aromatic N) is 1. The summed E-state index contributed by atoms with van der Waals surface area (Å²) in [6, 6.07) is 13.4. The maximum Gasteiger partial charge on any atom is 0.321 e. The first-order valence-electron chi connectivity index (χ1n) is 6.64. The van der Waals surface area contributed by atoms with Crippen molar-refractivity contribution in [3.63, 3.8) is 0 Å². The highest BCUT2D eigenvalue weighted by Gasteiger charge is 2.11. The van der Waals surface area contributed by atoms with Gasteiger partial charge in [-0.2, -0.15) is 0 Å². The van der Waals surface area contributed by atoms with E-state index in [1.165, 1.54) is 11.0 Å². The number of hydrogen-bond donors (Lipinski definition) is 2. The predicted octanol–water partition coefficient (Wildman–Crippen LogP) is 2.95. The summed E-state index contributed by atoms with van der Waals surface area (Å²) < 4.78 is 13.6. The van der Waals surface area contributed by atoms with Gasteiger partial charge in [0.15, 0.2) is 0 Å². The van der Waals surface area contributed by atoms with E-state index in [-0.39, 0.29) is 18.4 Å². The number of urea groups is 1. The Morgan fingerprint density at radius 1 is 1.24 bits per heavy atom. The third-order valence-electron chi connectivity index (χ3n) is 3.13. The molecule has 0 heterocycles. The molecule has 0 saturated heterocycles. The number of nitrogens with two attached hydrogens (primary N) is 1. The summed E-state index contributed by atoms with van der Waals surface area (Å²) in [4.78, 5) is 13.5. The third-order valence-corrected chi connectivity index (χ3v) is 3.13. The average Bonchev–Trinajstić information content (AvgIpc) is 2.49. The molecule has 4 nitrogen and oxygen atoms in total. The zero-order valence-electron chi connectivity index (χ0n) is 11.8. The lowest BCUT2D eigenvalue weighted by atomic mass is 10.2. The van der Waals surface area contributed by atoms with E-state index in [1.807, 2.05) is 18.2 Å². The van der Waals surface area contributed by atoms with E-state index in [2.05, 4.69) is 5.32 Å². The van der Waals surface area contributed by atoms with E-state index in [0.717, 1.165) is 5.56 Å². The molecule has 0 aromatic heterocycles. The normalized spacial score (nSPS) is 10.2. The van der Waals surface area contributed by atoms with Crippen molar-refractivity contribution in [3.05, 3.63) is 65.5 Å². The Labute approximate surface area is 123 Å². The summed E-state index contributed by atoms with van der Waals surface area (Å²) in [5, 5.41) is 2.77. The number of carbonyl (C=O) groups excluding carboxylic acids is 1. The molecule has 0 atom stereocenters. The first-order valence-corrected chi connectivity index (χ1v) is 6.64. The molecule has 3 N–H and O–H groups in total. The average molecular weight is 287 g/mol. The Hall–Kier alpha value is -2.40. The van der Waals surface area contributed by atoms with E-state index in [0.29, 0.717) is 17.8 Å². The lowest BCUT2D eigenvalue weighted by molar-refractivity contribution is 0.220. The maximum absolute atomic E-state index is 13.6. The van der Waals surface area contributed by atoms with Crippen LogP contribution in [0.15, 0.2) is 48.5 Å². The molecule has 0 spiro atoms. The summed E-state index contributed by atoms with van der Waals surface area (Å²) in [6.45, 7) is 0.615. The number of rotatable bonds is 4. The zero-order chi connectivity index (χ0) is 15.2. The van der Waals surface area contributed by atoms with Gasteiger partial charge in [-0.1, -0.05) is 30.3 Å². The minimum atomic E-state index is -0.317. The molecule has 0 aliphatic carbocycles. The van der Waals surface area contributed by atoms with Gasteiger partial charge in [0.05, 0.1) is 0 Å². The van der Waals surface area contributed by atoms with Crippen LogP contribution < -0.4 is 11.1 Å². The van der Waals surface area contributed by atoms with Gasteiger partial charge >= 0.3 is 6.03 Å². The molecular formula is C16H18FN3O. The van der Waals surface area contributed by atoms with Gasteiger partial charge in [-0.15, -0.1) is 0 Å². The fraction of sp³-hybridized carbons (Fsp3) is 0.188. The molecule has 2 amide bonds. The number of benzene rings is 2. The van der Waals surface area contributed by atoms with Crippen molar-refractivity contribution in [2.24, 2.45) is 5.73 Å². The van der Waals surface area contributed by atoms with E-state index in [4.69, 9.17) is 5.73 Å². The van der Waals surface area contributed by atoms with Crippen LogP contribution in [0.4, 0.5) is 14.9 Å². The minimum absolute atomic E-state index is 0.203. The molecular weight excluding hydrogens is 269 g/mol. The third kappa shape index (κ3) is 4.03. The fourth-order valence-electron chi connectivity index (χ4n) is 1.95. The number of halogens is 1. The van der Waals surface area contributed by atoms with Crippen LogP contribution >= 0.6 is 0 Å². The smallest absolute Gasteiger partial charge is 0.321 e. The second-order valence-electron chi connectivity index (χ2n) is 4.78. The predicted molar refractivity (Wildman–Crippen MR) is 81.2 cm³/mol. The van der Waals surface area contributed by atoms with Crippen LogP contribution in [0.5, 0.6) is 0 Å². The molecule has 5 heteroatoms. The monoisotopic (exact) mass is 287 g/mol. The molecule has 0 radical (unpaired) electrons. The SMILES string of the molecule is CN(Cc1ccccc1F)C(=O)Nc1cccc(CN)c1. The van der Waals surface area contributed by atoms with Gasteiger partial charge in [-0.05, 0) is 23.8 Å². The number of nitrogens with one attached hydrogen (secondary N) is 1. The Bertz CT molecular complexity index is 630. The number of amides is 2. The van der Waals surface area contributed by atoms with Gasteiger partial charge in [0.25, 0.3) is 0 Å². The van der Waals surface area contributed by atoms with E-state index in [9.17, 15) is 9.18 Å². The molecule has 2 aromatic carbocycles. The molecule has 21 heavy (non-hydrogen) atoms. The van der Waals surface area contributed by atoms with Crippen molar-refractivity contribution >= 4 is 11.7 Å². The van der Waals surface area contributed by atoms with Crippen LogP contribution in [0, 0.1) is 5.82 Å². The highest BCUT2D eigenvalue weighted by molar-refractivity contribution is 5.89. The summed E-state index contributed by atoms with van der Waals surface area (Å²) in [7, 11) is 1.62. The first kappa shape index (κ1) is 15.0. The van der Waals surface area contributed by atoms with Crippen LogP contribution in [0.25, 0.3) is 0 Å². The fourth-order valence-corrected chi connectivity index (χ4v) is 1.95. The van der Waals surface area contributed by atoms with Crippen molar-refractivity contribution in [1.29, 1.82) is 0 Å². The number of anilines is 1. The quantitative estimate of drug-likeness (QED) is 0.908. The Morgan fingerprint density at radius 3 is 2.71 bits per heavy atom. The van der Waals surface area contributed by atoms with Crippen molar-refractivity contribution in [2.45, 2.75) is 13.1 Å². The standard InChI is InChI=1S/C16H18FN3O/c1-20(11-13-6-2-3-8-15(13)17)16(21)19-14-7-4-5-12(9-14)10-18/h2-9H,10-11,18H2,1H3,(H,19,21). The van der Waals surface area contributed by atoms with Crippen molar-refractivity contribution in [1.82, 2.24) is 4.90 Å². The largest absolute Gasteiger partial charge is 0.326 e. The highest BCUT2D eigenvalue weighted by Crippen LogP contribution is 2.13. The molecule has 0 unspecified atom stereocenters. The molecule has 2 aromatic rings. The summed E-state index contributed by atoms with van der Waals surface area (Å²) in [5.41, 5.74) is 7.65. The van der Waals surface area contributed by atoms with Crippen LogP contribution in [0.2, 0.25) is 0 Å². The Balaban J connectivity index is 2.01. The molecule has 0 fully saturated rings. The van der Waals surface area contributed by atoms with Gasteiger partial charge in [-0.3, -0.25) is 0 Å². The van der Waals surface area contributed by atoms with E-state index in [1.54, 1.807) is 31.3 Å². The van der Waals surface area contributed by atoms with Gasteiger partial charge in [0.2, 0.25) is 0 Å². The van der Waals surface area contributed by atoms with Crippen LogP contribution in [0.1, 0.15) is 11.1 Å². The zero-order valence-corrected chi connectivity index (χ0v) is 11.8. The molecule has 0 aliphatic rings. The van der Waals surface area contributed by atoms with Gasteiger partial charge in [0.1, 0.15) is 5.82 Å². The molecule has 0 saturated carbocycles. The van der Waals surface area contributed by atoms with E-state index >= 15 is 0 Å². The maximum atomic E-state index is 13.6. The number of carbonyl (C=O) groups is 1. The summed E-state index contributed by atoms with van der Waals surface area (Å²) in [6.07, 6.45) is 0. The van der Waals surface area contributed by atoms with Crippen LogP contribution in [-0.2, 0) is 13.1 Å². The summed E-state index contributed by atoms with van der Waals surface area (Å²) in [5.74, 6) is -0.317. The molecule has 0 aliphatic heterocycles. The van der Waals surface area contributed by atoms with Crippen LogP contribution in [0.3, 0.4) is 0 Å². The van der Waals surface area contributed by atoms with Crippen molar-refractivity contribution in [2.75, 3.05) is 12.4 Å². The molecule has 110 valence electrons. The highest BCUT2D eigenvalue weighted by atomic mass is 19.1. The molecule has 2 rings (SSSR count). The second-order valence-corrected chi connectivity index (χ2v) is 4.78. The first-order chi connectivity index (χ1) is 10.1. The lowest BCUT2D eigenvalue weighted by Gasteiger charge is -2.18. The minimum Gasteiger partial charge on any atom is -0.326 e. The molecule has 0 bridgehead atoms. The van der Waals surface area contributed by atoms with Crippen molar-refractivity contribution < 1.29 is 9.18 Å². The topological polar surface area (TPSA) is 58.4 Å². The van der Waals surface area contributed by atoms with Gasteiger partial charge in [0, 0.05) is 31.4 Å². The Morgan fingerprint density at radius 2 is 2.00 bits per heavy atom.